The minimum absolute atomic E-state index is 0.148. The molecule has 0 aliphatic rings. The summed E-state index contributed by atoms with van der Waals surface area (Å²) in [5.41, 5.74) is 4.45. The lowest BCUT2D eigenvalue weighted by Crippen LogP contribution is -2.12. The van der Waals surface area contributed by atoms with Crippen LogP contribution in [0.25, 0.3) is 0 Å². The molecular formula is C18H21NO3. The Morgan fingerprint density at radius 3 is 2.32 bits per heavy atom. The number of ether oxygens (including phenoxy) is 2. The number of anilines is 1. The van der Waals surface area contributed by atoms with Crippen LogP contribution >= 0.6 is 0 Å². The molecule has 0 unspecified atom stereocenters. The topological polar surface area (TPSA) is 47.6 Å². The third-order valence-electron chi connectivity index (χ3n) is 3.32. The quantitative estimate of drug-likeness (QED) is 0.915. The number of nitrogens with one attached hydrogen (secondary N) is 1. The molecular weight excluding hydrogens is 278 g/mol. The maximum Gasteiger partial charge on any atom is 0.255 e. The number of benzene rings is 2. The van der Waals surface area contributed by atoms with Crippen LogP contribution in [0.1, 0.15) is 27.0 Å². The van der Waals surface area contributed by atoms with Gasteiger partial charge in [-0.1, -0.05) is 6.07 Å². The normalized spacial score (nSPS) is 10.4. The molecule has 1 amide bonds. The van der Waals surface area contributed by atoms with Crippen LogP contribution in [0.3, 0.4) is 0 Å². The number of carbonyl (C=O) groups is 1. The van der Waals surface area contributed by atoms with Crippen LogP contribution in [0.2, 0.25) is 0 Å². The Morgan fingerprint density at radius 1 is 1.05 bits per heavy atom. The van der Waals surface area contributed by atoms with Crippen molar-refractivity contribution in [2.75, 3.05) is 19.5 Å². The highest BCUT2D eigenvalue weighted by Crippen LogP contribution is 2.22. The Kier molecular flexibility index (Phi) is 5.17. The van der Waals surface area contributed by atoms with Crippen LogP contribution < -0.4 is 10.1 Å². The molecule has 4 nitrogen and oxygen atoms in total. The van der Waals surface area contributed by atoms with Gasteiger partial charge < -0.3 is 14.8 Å². The highest BCUT2D eigenvalue weighted by Gasteiger charge is 2.11. The Morgan fingerprint density at radius 2 is 1.73 bits per heavy atom. The maximum atomic E-state index is 12.4. The average molecular weight is 299 g/mol. The van der Waals surface area contributed by atoms with Gasteiger partial charge in [0.25, 0.3) is 5.91 Å². The van der Waals surface area contributed by atoms with E-state index in [0.29, 0.717) is 17.9 Å². The molecule has 2 aromatic carbocycles. The molecule has 0 radical (unpaired) electrons. The molecule has 0 spiro atoms. The molecule has 0 aliphatic heterocycles. The fourth-order valence-electron chi connectivity index (χ4n) is 2.44. The Balaban J connectivity index is 2.23. The van der Waals surface area contributed by atoms with Crippen molar-refractivity contribution in [2.45, 2.75) is 20.5 Å². The van der Waals surface area contributed by atoms with Crippen LogP contribution in [0, 0.1) is 13.8 Å². The summed E-state index contributed by atoms with van der Waals surface area (Å²) < 4.78 is 10.4. The third-order valence-corrected chi connectivity index (χ3v) is 3.32. The highest BCUT2D eigenvalue weighted by atomic mass is 16.5. The van der Waals surface area contributed by atoms with Crippen molar-refractivity contribution in [1.29, 1.82) is 0 Å². The van der Waals surface area contributed by atoms with E-state index in [9.17, 15) is 4.79 Å². The molecule has 0 aromatic heterocycles. The van der Waals surface area contributed by atoms with Gasteiger partial charge in [-0.2, -0.15) is 0 Å². The van der Waals surface area contributed by atoms with Crippen LogP contribution in [0.5, 0.6) is 5.75 Å². The first-order chi connectivity index (χ1) is 10.5. The summed E-state index contributed by atoms with van der Waals surface area (Å²) in [4.78, 5) is 12.4. The molecule has 0 bridgehead atoms. The van der Waals surface area contributed by atoms with Gasteiger partial charge in [-0.3, -0.25) is 4.79 Å². The molecule has 4 heteroatoms. The largest absolute Gasteiger partial charge is 0.496 e. The van der Waals surface area contributed by atoms with Crippen molar-refractivity contribution in [3.05, 3.63) is 58.7 Å². The van der Waals surface area contributed by atoms with Gasteiger partial charge in [0.05, 0.1) is 13.7 Å². The summed E-state index contributed by atoms with van der Waals surface area (Å²) in [5, 5.41) is 2.93. The fraction of sp³-hybridized carbons (Fsp3) is 0.278. The van der Waals surface area contributed by atoms with E-state index in [2.05, 4.69) is 11.4 Å². The zero-order valence-electron chi connectivity index (χ0n) is 13.4. The van der Waals surface area contributed by atoms with Crippen LogP contribution in [0.15, 0.2) is 36.4 Å². The van der Waals surface area contributed by atoms with Gasteiger partial charge in [0, 0.05) is 23.9 Å². The van der Waals surface area contributed by atoms with Crippen molar-refractivity contribution in [3.8, 4) is 5.75 Å². The minimum Gasteiger partial charge on any atom is -0.496 e. The summed E-state index contributed by atoms with van der Waals surface area (Å²) >= 11 is 0. The number of amides is 1. The van der Waals surface area contributed by atoms with Crippen LogP contribution in [0.4, 0.5) is 5.69 Å². The predicted molar refractivity (Wildman–Crippen MR) is 87.6 cm³/mol. The molecule has 2 rings (SSSR count). The molecule has 0 heterocycles. The molecule has 0 saturated heterocycles. The summed E-state index contributed by atoms with van der Waals surface area (Å²) in [6, 6.07) is 11.3. The SMILES string of the molecule is COCc1cc(C(=O)Nc2cc(C)cc(C)c2)ccc1OC. The van der Waals surface area contributed by atoms with Crippen molar-refractivity contribution in [1.82, 2.24) is 0 Å². The average Bonchev–Trinajstić information content (AvgIpc) is 2.46. The monoisotopic (exact) mass is 299 g/mol. The van der Waals surface area contributed by atoms with E-state index in [1.807, 2.05) is 26.0 Å². The van der Waals surface area contributed by atoms with E-state index in [4.69, 9.17) is 9.47 Å². The van der Waals surface area contributed by atoms with Crippen molar-refractivity contribution < 1.29 is 14.3 Å². The predicted octanol–water partition coefficient (Wildman–Crippen LogP) is 3.71. The molecule has 0 atom stereocenters. The molecule has 2 aromatic rings. The standard InChI is InChI=1S/C18H21NO3/c1-12-7-13(2)9-16(8-12)19-18(20)14-5-6-17(22-4)15(10-14)11-21-3/h5-10H,11H2,1-4H3,(H,19,20). The number of carbonyl (C=O) groups excluding carboxylic acids is 1. The van der Waals surface area contributed by atoms with Gasteiger partial charge in [0.15, 0.2) is 0 Å². The van der Waals surface area contributed by atoms with Gasteiger partial charge in [-0.15, -0.1) is 0 Å². The number of hydrogen-bond donors (Lipinski definition) is 1. The zero-order chi connectivity index (χ0) is 16.1. The lowest BCUT2D eigenvalue weighted by molar-refractivity contribution is 0.102. The molecule has 0 fully saturated rings. The second kappa shape index (κ2) is 7.09. The molecule has 22 heavy (non-hydrogen) atoms. The Bertz CT molecular complexity index is 660. The highest BCUT2D eigenvalue weighted by molar-refractivity contribution is 6.04. The molecule has 116 valence electrons. The maximum absolute atomic E-state index is 12.4. The van der Waals surface area contributed by atoms with Gasteiger partial charge in [0.2, 0.25) is 0 Å². The third kappa shape index (κ3) is 3.86. The summed E-state index contributed by atoms with van der Waals surface area (Å²) in [6.45, 7) is 4.41. The summed E-state index contributed by atoms with van der Waals surface area (Å²) in [6.07, 6.45) is 0. The van der Waals surface area contributed by atoms with Crippen molar-refractivity contribution in [2.24, 2.45) is 0 Å². The number of hydrogen-bond acceptors (Lipinski definition) is 3. The minimum atomic E-state index is -0.148. The lowest BCUT2D eigenvalue weighted by atomic mass is 10.1. The first-order valence-electron chi connectivity index (χ1n) is 7.09. The Hall–Kier alpha value is -2.33. The smallest absolute Gasteiger partial charge is 0.255 e. The van der Waals surface area contributed by atoms with E-state index < -0.39 is 0 Å². The number of methoxy groups -OCH3 is 2. The van der Waals surface area contributed by atoms with Crippen LogP contribution in [-0.4, -0.2) is 20.1 Å². The van der Waals surface area contributed by atoms with Crippen LogP contribution in [-0.2, 0) is 11.3 Å². The second-order valence-corrected chi connectivity index (χ2v) is 5.29. The summed E-state index contributed by atoms with van der Waals surface area (Å²) in [5.74, 6) is 0.565. The zero-order valence-corrected chi connectivity index (χ0v) is 13.4. The van der Waals surface area contributed by atoms with Gasteiger partial charge in [0.1, 0.15) is 5.75 Å². The van der Waals surface area contributed by atoms with E-state index in [1.165, 1.54) is 0 Å². The number of rotatable bonds is 5. The van der Waals surface area contributed by atoms with E-state index in [1.54, 1.807) is 32.4 Å². The van der Waals surface area contributed by atoms with E-state index in [0.717, 1.165) is 22.4 Å². The van der Waals surface area contributed by atoms with E-state index >= 15 is 0 Å². The first-order valence-corrected chi connectivity index (χ1v) is 7.09. The summed E-state index contributed by atoms with van der Waals surface area (Å²) in [7, 11) is 3.21. The van der Waals surface area contributed by atoms with Gasteiger partial charge >= 0.3 is 0 Å². The number of aryl methyl sites for hydroxylation is 2. The van der Waals surface area contributed by atoms with E-state index in [-0.39, 0.29) is 5.91 Å². The lowest BCUT2D eigenvalue weighted by Gasteiger charge is -2.11. The fourth-order valence-corrected chi connectivity index (χ4v) is 2.44. The first kappa shape index (κ1) is 16.0. The molecule has 0 aliphatic carbocycles. The van der Waals surface area contributed by atoms with Gasteiger partial charge in [-0.25, -0.2) is 0 Å². The molecule has 0 saturated carbocycles. The molecule has 1 N–H and O–H groups in total. The van der Waals surface area contributed by atoms with Crippen molar-refractivity contribution in [3.63, 3.8) is 0 Å². The Labute approximate surface area is 131 Å². The van der Waals surface area contributed by atoms with Crippen molar-refractivity contribution >= 4 is 11.6 Å². The second-order valence-electron chi connectivity index (χ2n) is 5.29. The van der Waals surface area contributed by atoms with Gasteiger partial charge in [-0.05, 0) is 55.3 Å².